The van der Waals surface area contributed by atoms with E-state index in [-0.39, 0.29) is 5.56 Å². The number of rotatable bonds is 6. The van der Waals surface area contributed by atoms with E-state index in [1.807, 2.05) is 30.3 Å². The van der Waals surface area contributed by atoms with Crippen molar-refractivity contribution in [3.63, 3.8) is 0 Å². The quantitative estimate of drug-likeness (QED) is 0.345. The lowest BCUT2D eigenvalue weighted by Gasteiger charge is -2.26. The van der Waals surface area contributed by atoms with Crippen LogP contribution in [-0.2, 0) is 6.42 Å². The van der Waals surface area contributed by atoms with Crippen molar-refractivity contribution in [1.29, 1.82) is 0 Å². The van der Waals surface area contributed by atoms with Crippen LogP contribution in [0.2, 0.25) is 0 Å². The van der Waals surface area contributed by atoms with Crippen molar-refractivity contribution < 1.29 is 9.21 Å². The first-order valence-corrected chi connectivity index (χ1v) is 9.66. The third-order valence-corrected chi connectivity index (χ3v) is 4.75. The average molecular weight is 440 g/mol. The van der Waals surface area contributed by atoms with E-state index in [4.69, 9.17) is 39.2 Å². The second-order valence-corrected chi connectivity index (χ2v) is 8.49. The molecule has 1 unspecified atom stereocenters. The third kappa shape index (κ3) is 5.26. The summed E-state index contributed by atoms with van der Waals surface area (Å²) in [5.41, 5.74) is 0.564. The molecule has 1 aromatic heterocycles. The first-order chi connectivity index (χ1) is 13.3. The molecule has 3 rings (SSSR count). The molecule has 0 saturated carbocycles. The number of halogens is 3. The Bertz CT molecular complexity index is 1020. The number of nitrogens with one attached hydrogen (secondary N) is 2. The predicted molar refractivity (Wildman–Crippen MR) is 112 cm³/mol. The van der Waals surface area contributed by atoms with Gasteiger partial charge in [0.25, 0.3) is 5.91 Å². The Morgan fingerprint density at radius 2 is 1.71 bits per heavy atom. The van der Waals surface area contributed by atoms with Crippen LogP contribution in [0, 0.1) is 0 Å². The van der Waals surface area contributed by atoms with Gasteiger partial charge in [-0.3, -0.25) is 10.1 Å². The summed E-state index contributed by atoms with van der Waals surface area (Å²) in [5, 5.41) is 6.18. The van der Waals surface area contributed by atoms with E-state index < -0.39 is 21.5 Å². The van der Waals surface area contributed by atoms with Gasteiger partial charge in [-0.2, -0.15) is 0 Å². The standard InChI is InChI=1S/C20H17Cl3N2O3/c21-20(22,23)19(24-11-10-13-6-2-1-3-7-13)25-17(26)15-12-14-8-4-5-9-16(14)28-18(15)27/h1-9,12,19,24H,10-11H2,(H,25,26). The average Bonchev–Trinajstić information content (AvgIpc) is 2.66. The van der Waals surface area contributed by atoms with E-state index in [2.05, 4.69) is 10.6 Å². The van der Waals surface area contributed by atoms with E-state index in [1.165, 1.54) is 6.07 Å². The molecular formula is C20H17Cl3N2O3. The summed E-state index contributed by atoms with van der Waals surface area (Å²) in [5.74, 6) is -0.692. The lowest BCUT2D eigenvalue weighted by atomic mass is 10.1. The minimum atomic E-state index is -1.82. The minimum absolute atomic E-state index is 0.164. The van der Waals surface area contributed by atoms with Crippen LogP contribution < -0.4 is 16.3 Å². The van der Waals surface area contributed by atoms with Crippen LogP contribution in [0.5, 0.6) is 0 Å². The van der Waals surface area contributed by atoms with Crippen LogP contribution in [0.15, 0.2) is 69.9 Å². The third-order valence-electron chi connectivity index (χ3n) is 4.09. The van der Waals surface area contributed by atoms with Crippen LogP contribution in [0.3, 0.4) is 0 Å². The maximum Gasteiger partial charge on any atom is 0.349 e. The number of fused-ring (bicyclic) bond motifs is 1. The number of carbonyl (C=O) groups excluding carboxylic acids is 1. The predicted octanol–water partition coefficient (Wildman–Crippen LogP) is 4.05. The molecule has 0 aliphatic rings. The number of alkyl halides is 3. The molecular weight excluding hydrogens is 423 g/mol. The maximum atomic E-state index is 12.6. The summed E-state index contributed by atoms with van der Waals surface area (Å²) >= 11 is 18.0. The monoisotopic (exact) mass is 438 g/mol. The van der Waals surface area contributed by atoms with Crippen molar-refractivity contribution in [2.75, 3.05) is 6.54 Å². The Morgan fingerprint density at radius 3 is 2.43 bits per heavy atom. The number of para-hydroxylation sites is 1. The van der Waals surface area contributed by atoms with Gasteiger partial charge in [0, 0.05) is 11.9 Å². The van der Waals surface area contributed by atoms with Crippen molar-refractivity contribution in [3.05, 3.63) is 82.2 Å². The highest BCUT2D eigenvalue weighted by Crippen LogP contribution is 2.29. The zero-order valence-electron chi connectivity index (χ0n) is 14.6. The topological polar surface area (TPSA) is 71.3 Å². The number of carbonyl (C=O) groups is 1. The fraction of sp³-hybridized carbons (Fsp3) is 0.200. The lowest BCUT2D eigenvalue weighted by Crippen LogP contribution is -2.54. The Hall–Kier alpha value is -2.05. The second kappa shape index (κ2) is 8.97. The van der Waals surface area contributed by atoms with Gasteiger partial charge in [0.05, 0.1) is 0 Å². The largest absolute Gasteiger partial charge is 0.422 e. The van der Waals surface area contributed by atoms with Gasteiger partial charge in [0.2, 0.25) is 3.79 Å². The van der Waals surface area contributed by atoms with Gasteiger partial charge in [-0.1, -0.05) is 83.3 Å². The molecule has 0 fully saturated rings. The summed E-state index contributed by atoms with van der Waals surface area (Å²) in [6, 6.07) is 18.1. The second-order valence-electron chi connectivity index (χ2n) is 6.12. The van der Waals surface area contributed by atoms with Crippen LogP contribution in [0.1, 0.15) is 15.9 Å². The summed E-state index contributed by atoms with van der Waals surface area (Å²) in [4.78, 5) is 24.8. The molecule has 0 bridgehead atoms. The molecule has 3 aromatic rings. The molecule has 0 aliphatic heterocycles. The molecule has 5 nitrogen and oxygen atoms in total. The molecule has 2 N–H and O–H groups in total. The number of hydrogen-bond donors (Lipinski definition) is 2. The van der Waals surface area contributed by atoms with E-state index >= 15 is 0 Å². The molecule has 0 aliphatic carbocycles. The van der Waals surface area contributed by atoms with Gasteiger partial charge >= 0.3 is 5.63 Å². The number of amides is 1. The van der Waals surface area contributed by atoms with Crippen molar-refractivity contribution in [1.82, 2.24) is 10.6 Å². The van der Waals surface area contributed by atoms with Crippen LogP contribution >= 0.6 is 34.8 Å². The fourth-order valence-electron chi connectivity index (χ4n) is 2.68. The van der Waals surface area contributed by atoms with E-state index in [1.54, 1.807) is 24.3 Å². The van der Waals surface area contributed by atoms with Crippen LogP contribution in [0.25, 0.3) is 11.0 Å². The molecule has 1 amide bonds. The number of hydrogen-bond acceptors (Lipinski definition) is 4. The SMILES string of the molecule is O=C(NC(NCCc1ccccc1)C(Cl)(Cl)Cl)c1cc2ccccc2oc1=O. The van der Waals surface area contributed by atoms with Crippen LogP contribution in [-0.4, -0.2) is 22.4 Å². The van der Waals surface area contributed by atoms with Crippen molar-refractivity contribution >= 4 is 51.7 Å². The zero-order chi connectivity index (χ0) is 20.1. The van der Waals surface area contributed by atoms with Gasteiger partial charge in [-0.05, 0) is 24.1 Å². The van der Waals surface area contributed by atoms with Gasteiger partial charge in [0.1, 0.15) is 17.3 Å². The lowest BCUT2D eigenvalue weighted by molar-refractivity contribution is 0.0926. The molecule has 0 spiro atoms. The normalized spacial score (nSPS) is 12.7. The molecule has 0 saturated heterocycles. The van der Waals surface area contributed by atoms with Gasteiger partial charge in [-0.25, -0.2) is 4.79 Å². The molecule has 28 heavy (non-hydrogen) atoms. The highest BCUT2D eigenvalue weighted by atomic mass is 35.6. The Balaban J connectivity index is 1.73. The fourth-order valence-corrected chi connectivity index (χ4v) is 3.08. The zero-order valence-corrected chi connectivity index (χ0v) is 16.9. The van der Waals surface area contributed by atoms with E-state index in [0.717, 1.165) is 5.56 Å². The number of benzene rings is 2. The van der Waals surface area contributed by atoms with Gasteiger partial charge in [0.15, 0.2) is 0 Å². The minimum Gasteiger partial charge on any atom is -0.422 e. The highest BCUT2D eigenvalue weighted by Gasteiger charge is 2.34. The summed E-state index contributed by atoms with van der Waals surface area (Å²) in [7, 11) is 0. The van der Waals surface area contributed by atoms with Crippen molar-refractivity contribution in [2.45, 2.75) is 16.4 Å². The van der Waals surface area contributed by atoms with Crippen molar-refractivity contribution in [3.8, 4) is 0 Å². The van der Waals surface area contributed by atoms with Crippen molar-refractivity contribution in [2.24, 2.45) is 0 Å². The van der Waals surface area contributed by atoms with Crippen LogP contribution in [0.4, 0.5) is 0 Å². The molecule has 8 heteroatoms. The molecule has 146 valence electrons. The summed E-state index contributed by atoms with van der Waals surface area (Å²) in [6.45, 7) is 0.454. The highest BCUT2D eigenvalue weighted by molar-refractivity contribution is 6.68. The maximum absolute atomic E-state index is 12.6. The molecule has 2 aromatic carbocycles. The van der Waals surface area contributed by atoms with E-state index in [9.17, 15) is 9.59 Å². The van der Waals surface area contributed by atoms with Gasteiger partial charge < -0.3 is 9.73 Å². The molecule has 1 atom stereocenters. The summed E-state index contributed by atoms with van der Waals surface area (Å²) < 4.78 is 3.37. The van der Waals surface area contributed by atoms with Gasteiger partial charge in [-0.15, -0.1) is 0 Å². The smallest absolute Gasteiger partial charge is 0.349 e. The summed E-state index contributed by atoms with van der Waals surface area (Å²) in [6.07, 6.45) is -0.328. The first-order valence-electron chi connectivity index (χ1n) is 8.52. The Kier molecular flexibility index (Phi) is 6.62. The molecule has 0 radical (unpaired) electrons. The molecule has 1 heterocycles. The van der Waals surface area contributed by atoms with E-state index in [0.29, 0.717) is 23.9 Å². The Labute approximate surface area is 176 Å². The first kappa shape index (κ1) is 20.7. The Morgan fingerprint density at radius 1 is 1.04 bits per heavy atom.